The van der Waals surface area contributed by atoms with E-state index in [4.69, 9.17) is 14.2 Å². The molecular formula is C24H23NO5. The Labute approximate surface area is 175 Å². The third-order valence-corrected chi connectivity index (χ3v) is 5.44. The number of fused-ring (bicyclic) bond motifs is 1. The summed E-state index contributed by atoms with van der Waals surface area (Å²) in [6, 6.07) is 17.8. The lowest BCUT2D eigenvalue weighted by atomic mass is 9.79. The first-order chi connectivity index (χ1) is 14.4. The van der Waals surface area contributed by atoms with E-state index in [9.17, 15) is 9.90 Å². The Hall–Kier alpha value is -3.67. The van der Waals surface area contributed by atoms with Crippen molar-refractivity contribution >= 4 is 11.7 Å². The van der Waals surface area contributed by atoms with E-state index >= 15 is 0 Å². The van der Waals surface area contributed by atoms with Crippen LogP contribution in [0.4, 0.5) is 5.69 Å². The van der Waals surface area contributed by atoms with E-state index in [1.807, 2.05) is 37.2 Å². The molecule has 1 heterocycles. The van der Waals surface area contributed by atoms with Crippen LogP contribution in [0.5, 0.6) is 17.2 Å². The van der Waals surface area contributed by atoms with Gasteiger partial charge >= 0.3 is 5.97 Å². The van der Waals surface area contributed by atoms with Crippen LogP contribution in [0.3, 0.4) is 0 Å². The SMILES string of the molecule is COc1ccc(C2(c3ccc(N(C)C)cc3O)OC(=O)c3ccccc32)c(OC)c1. The number of hydrogen-bond acceptors (Lipinski definition) is 6. The van der Waals surface area contributed by atoms with Gasteiger partial charge in [0.15, 0.2) is 5.60 Å². The van der Waals surface area contributed by atoms with Gasteiger partial charge in [0.05, 0.1) is 19.8 Å². The first-order valence-corrected chi connectivity index (χ1v) is 9.48. The number of phenolic OH excluding ortho intramolecular Hbond substituents is 1. The second-order valence-corrected chi connectivity index (χ2v) is 7.28. The Morgan fingerprint density at radius 1 is 0.900 bits per heavy atom. The van der Waals surface area contributed by atoms with Crippen molar-refractivity contribution in [1.82, 2.24) is 0 Å². The highest BCUT2D eigenvalue weighted by atomic mass is 16.6. The highest BCUT2D eigenvalue weighted by Gasteiger charge is 2.51. The van der Waals surface area contributed by atoms with Crippen LogP contribution in [0.1, 0.15) is 27.0 Å². The molecule has 0 spiro atoms. The monoisotopic (exact) mass is 405 g/mol. The fourth-order valence-corrected chi connectivity index (χ4v) is 3.95. The summed E-state index contributed by atoms with van der Waals surface area (Å²) < 4.78 is 17.0. The Balaban J connectivity index is 2.06. The van der Waals surface area contributed by atoms with Gasteiger partial charge in [-0.25, -0.2) is 4.79 Å². The van der Waals surface area contributed by atoms with E-state index in [1.165, 1.54) is 0 Å². The highest BCUT2D eigenvalue weighted by molar-refractivity contribution is 5.96. The molecule has 1 N–H and O–H groups in total. The molecule has 0 saturated carbocycles. The number of rotatable bonds is 5. The average Bonchev–Trinajstić information content (AvgIpc) is 3.06. The first-order valence-electron chi connectivity index (χ1n) is 9.48. The summed E-state index contributed by atoms with van der Waals surface area (Å²) in [5, 5.41) is 11.0. The van der Waals surface area contributed by atoms with Crippen LogP contribution in [0, 0.1) is 0 Å². The molecular weight excluding hydrogens is 382 g/mol. The molecule has 0 aromatic heterocycles. The van der Waals surface area contributed by atoms with Gasteiger partial charge in [0, 0.05) is 48.6 Å². The molecule has 0 radical (unpaired) electrons. The molecule has 0 bridgehead atoms. The van der Waals surface area contributed by atoms with Crippen LogP contribution in [0.2, 0.25) is 0 Å². The van der Waals surface area contributed by atoms with Crippen molar-refractivity contribution in [2.45, 2.75) is 5.60 Å². The van der Waals surface area contributed by atoms with E-state index in [2.05, 4.69) is 0 Å². The van der Waals surface area contributed by atoms with Gasteiger partial charge in [-0.15, -0.1) is 0 Å². The number of aromatic hydroxyl groups is 1. The predicted octanol–water partition coefficient (Wildman–Crippen LogP) is 3.94. The summed E-state index contributed by atoms with van der Waals surface area (Å²) in [4.78, 5) is 14.7. The number of phenols is 1. The summed E-state index contributed by atoms with van der Waals surface area (Å²) >= 11 is 0. The lowest BCUT2D eigenvalue weighted by molar-refractivity contribution is 0.0239. The molecule has 3 aromatic carbocycles. The number of nitrogens with zero attached hydrogens (tertiary/aromatic N) is 1. The maximum absolute atomic E-state index is 12.9. The zero-order valence-electron chi connectivity index (χ0n) is 17.3. The topological polar surface area (TPSA) is 68.2 Å². The molecule has 0 aliphatic carbocycles. The van der Waals surface area contributed by atoms with Crippen molar-refractivity contribution in [1.29, 1.82) is 0 Å². The zero-order chi connectivity index (χ0) is 21.5. The summed E-state index contributed by atoms with van der Waals surface area (Å²) in [6.45, 7) is 0. The molecule has 0 amide bonds. The van der Waals surface area contributed by atoms with E-state index < -0.39 is 11.6 Å². The normalized spacial score (nSPS) is 17.3. The number of ether oxygens (including phenoxy) is 3. The Morgan fingerprint density at radius 2 is 1.63 bits per heavy atom. The van der Waals surface area contributed by atoms with Crippen molar-refractivity contribution in [2.75, 3.05) is 33.2 Å². The van der Waals surface area contributed by atoms with Crippen molar-refractivity contribution in [3.8, 4) is 17.2 Å². The maximum Gasteiger partial charge on any atom is 0.340 e. The molecule has 0 saturated heterocycles. The molecule has 1 atom stereocenters. The molecule has 1 aliphatic heterocycles. The summed E-state index contributed by atoms with van der Waals surface area (Å²) in [6.07, 6.45) is 0. The van der Waals surface area contributed by atoms with Crippen molar-refractivity contribution in [3.05, 3.63) is 82.9 Å². The van der Waals surface area contributed by atoms with Gasteiger partial charge in [0.1, 0.15) is 17.2 Å². The number of carbonyl (C=O) groups is 1. The van der Waals surface area contributed by atoms with Gasteiger partial charge in [-0.3, -0.25) is 0 Å². The standard InChI is InChI=1S/C24H23NO5/c1-25(2)15-9-11-19(21(26)13-15)24(18-8-6-5-7-17(18)23(27)30-24)20-12-10-16(28-3)14-22(20)29-4/h5-14,26H,1-4H3. The molecule has 30 heavy (non-hydrogen) atoms. The summed E-state index contributed by atoms with van der Waals surface area (Å²) in [5.74, 6) is 0.647. The van der Waals surface area contributed by atoms with Crippen LogP contribution < -0.4 is 14.4 Å². The molecule has 1 unspecified atom stereocenters. The van der Waals surface area contributed by atoms with Gasteiger partial charge in [-0.05, 0) is 30.3 Å². The quantitative estimate of drug-likeness (QED) is 0.649. The number of anilines is 1. The van der Waals surface area contributed by atoms with Crippen LogP contribution in [-0.4, -0.2) is 39.4 Å². The number of benzene rings is 3. The molecule has 154 valence electrons. The lowest BCUT2D eigenvalue weighted by Crippen LogP contribution is -2.30. The van der Waals surface area contributed by atoms with Crippen molar-refractivity contribution < 1.29 is 24.1 Å². The Morgan fingerprint density at radius 3 is 2.30 bits per heavy atom. The predicted molar refractivity (Wildman–Crippen MR) is 114 cm³/mol. The van der Waals surface area contributed by atoms with E-state index in [0.717, 1.165) is 5.69 Å². The first kappa shape index (κ1) is 19.6. The molecule has 1 aliphatic rings. The summed E-state index contributed by atoms with van der Waals surface area (Å²) in [7, 11) is 6.90. The molecule has 3 aromatic rings. The van der Waals surface area contributed by atoms with E-state index in [1.54, 1.807) is 56.7 Å². The third kappa shape index (κ3) is 2.84. The number of methoxy groups -OCH3 is 2. The number of cyclic esters (lactones) is 1. The number of esters is 1. The molecule has 6 nitrogen and oxygen atoms in total. The van der Waals surface area contributed by atoms with Crippen LogP contribution >= 0.6 is 0 Å². The maximum atomic E-state index is 12.9. The lowest BCUT2D eigenvalue weighted by Gasteiger charge is -2.32. The van der Waals surface area contributed by atoms with Crippen molar-refractivity contribution in [3.63, 3.8) is 0 Å². The molecule has 4 rings (SSSR count). The van der Waals surface area contributed by atoms with Gasteiger partial charge in [-0.1, -0.05) is 18.2 Å². The molecule has 0 fully saturated rings. The minimum absolute atomic E-state index is 0.0172. The average molecular weight is 405 g/mol. The number of hydrogen-bond donors (Lipinski definition) is 1. The van der Waals surface area contributed by atoms with E-state index in [-0.39, 0.29) is 5.75 Å². The van der Waals surface area contributed by atoms with Gasteiger partial charge in [0.2, 0.25) is 0 Å². The van der Waals surface area contributed by atoms with Gasteiger partial charge in [0.25, 0.3) is 0 Å². The minimum atomic E-state index is -1.36. The highest BCUT2D eigenvalue weighted by Crippen LogP contribution is 2.52. The van der Waals surface area contributed by atoms with Crippen molar-refractivity contribution in [2.24, 2.45) is 0 Å². The summed E-state index contributed by atoms with van der Waals surface area (Å²) in [5.41, 5.74) is 1.61. The third-order valence-electron chi connectivity index (χ3n) is 5.44. The van der Waals surface area contributed by atoms with Crippen LogP contribution in [-0.2, 0) is 10.3 Å². The fraction of sp³-hybridized carbons (Fsp3) is 0.208. The fourth-order valence-electron chi connectivity index (χ4n) is 3.95. The van der Waals surface area contributed by atoms with Gasteiger partial charge < -0.3 is 24.2 Å². The second-order valence-electron chi connectivity index (χ2n) is 7.28. The Kier molecular flexibility index (Phi) is 4.78. The smallest absolute Gasteiger partial charge is 0.340 e. The van der Waals surface area contributed by atoms with E-state index in [0.29, 0.717) is 33.8 Å². The number of carbonyl (C=O) groups excluding carboxylic acids is 1. The van der Waals surface area contributed by atoms with Gasteiger partial charge in [-0.2, -0.15) is 0 Å². The largest absolute Gasteiger partial charge is 0.507 e. The Bertz CT molecular complexity index is 1120. The minimum Gasteiger partial charge on any atom is -0.507 e. The zero-order valence-corrected chi connectivity index (χ0v) is 17.3. The van der Waals surface area contributed by atoms with Crippen LogP contribution in [0.15, 0.2) is 60.7 Å². The van der Waals surface area contributed by atoms with Crippen LogP contribution in [0.25, 0.3) is 0 Å². The second kappa shape index (κ2) is 7.30. The molecule has 6 heteroatoms.